The number of halogens is 1. The number of nitrogens with one attached hydrogen (secondary N) is 1. The van der Waals surface area contributed by atoms with E-state index in [2.05, 4.69) is 50.5 Å². The molecule has 0 saturated heterocycles. The number of nitrogens with zero attached hydrogens (tertiary/aromatic N) is 3. The van der Waals surface area contributed by atoms with Crippen LogP contribution in [0.4, 0.5) is 0 Å². The molecule has 0 fully saturated rings. The van der Waals surface area contributed by atoms with Gasteiger partial charge < -0.3 is 9.73 Å². The predicted octanol–water partition coefficient (Wildman–Crippen LogP) is 4.75. The second-order valence-corrected chi connectivity index (χ2v) is 8.25. The summed E-state index contributed by atoms with van der Waals surface area (Å²) in [6.07, 6.45) is 2.01. The smallest absolute Gasteiger partial charge is 0.230 e. The Bertz CT molecular complexity index is 910. The third-order valence-corrected chi connectivity index (χ3v) is 5.55. The van der Waals surface area contributed by atoms with Gasteiger partial charge in [0.1, 0.15) is 0 Å². The van der Waals surface area contributed by atoms with Crippen LogP contribution in [0.2, 0.25) is 0 Å². The highest BCUT2D eigenvalue weighted by atomic mass is 79.9. The molecule has 1 unspecified atom stereocenters. The summed E-state index contributed by atoms with van der Waals surface area (Å²) in [6, 6.07) is 13.9. The number of thioether (sulfide) groups is 1. The number of rotatable bonds is 9. The number of aromatic nitrogens is 3. The van der Waals surface area contributed by atoms with E-state index in [4.69, 9.17) is 4.42 Å². The van der Waals surface area contributed by atoms with Gasteiger partial charge in [-0.2, -0.15) is 0 Å². The van der Waals surface area contributed by atoms with Crippen LogP contribution >= 0.6 is 27.7 Å². The average Bonchev–Trinajstić information content (AvgIpc) is 3.27. The Balaban J connectivity index is 1.78. The minimum absolute atomic E-state index is 0.00232. The van der Waals surface area contributed by atoms with Crippen molar-refractivity contribution in [2.75, 3.05) is 5.75 Å². The summed E-state index contributed by atoms with van der Waals surface area (Å²) in [4.78, 5) is 12.2. The number of amides is 1. The maximum Gasteiger partial charge on any atom is 0.230 e. The van der Waals surface area contributed by atoms with E-state index >= 15 is 0 Å². The Morgan fingerprint density at radius 1 is 1.25 bits per heavy atom. The zero-order chi connectivity index (χ0) is 19.9. The maximum absolute atomic E-state index is 12.2. The van der Waals surface area contributed by atoms with E-state index in [0.717, 1.165) is 18.4 Å². The van der Waals surface area contributed by atoms with Crippen LogP contribution in [0, 0.1) is 0 Å². The van der Waals surface area contributed by atoms with Gasteiger partial charge in [-0.25, -0.2) is 0 Å². The van der Waals surface area contributed by atoms with Crippen LogP contribution in [0.3, 0.4) is 0 Å². The van der Waals surface area contributed by atoms with E-state index in [1.54, 1.807) is 0 Å². The molecule has 0 spiro atoms. The number of benzene rings is 1. The molecule has 0 aliphatic heterocycles. The monoisotopic (exact) mass is 462 g/mol. The van der Waals surface area contributed by atoms with Gasteiger partial charge in [-0.3, -0.25) is 9.36 Å². The summed E-state index contributed by atoms with van der Waals surface area (Å²) < 4.78 is 8.29. The van der Waals surface area contributed by atoms with Crippen LogP contribution in [0.5, 0.6) is 0 Å². The predicted molar refractivity (Wildman–Crippen MR) is 114 cm³/mol. The van der Waals surface area contributed by atoms with Crippen molar-refractivity contribution in [2.24, 2.45) is 0 Å². The fourth-order valence-corrected chi connectivity index (χ4v) is 3.93. The fourth-order valence-electron chi connectivity index (χ4n) is 2.87. The van der Waals surface area contributed by atoms with Crippen LogP contribution in [0.25, 0.3) is 11.6 Å². The molecular formula is C20H23BrN4O2S. The summed E-state index contributed by atoms with van der Waals surface area (Å²) in [5.74, 6) is 1.56. The Labute approximate surface area is 177 Å². The van der Waals surface area contributed by atoms with Gasteiger partial charge >= 0.3 is 0 Å². The molecule has 0 saturated carbocycles. The summed E-state index contributed by atoms with van der Waals surface area (Å²) >= 11 is 4.71. The standard InChI is InChI=1S/C20H23BrN4O2S/c1-3-7-14(2)22-18(26)13-28-20-24-23-19(16-10-11-17(21)27-16)25(20)12-15-8-5-4-6-9-15/h4-6,8-11,14H,3,7,12-13H2,1-2H3,(H,22,26). The van der Waals surface area contributed by atoms with Crippen molar-refractivity contribution in [3.8, 4) is 11.6 Å². The second kappa shape index (κ2) is 9.93. The van der Waals surface area contributed by atoms with E-state index in [9.17, 15) is 4.79 Å². The number of furan rings is 1. The molecule has 0 radical (unpaired) electrons. The van der Waals surface area contributed by atoms with Crippen LogP contribution < -0.4 is 5.32 Å². The Kier molecular flexibility index (Phi) is 7.33. The number of hydrogen-bond donors (Lipinski definition) is 1. The van der Waals surface area contributed by atoms with Crippen molar-refractivity contribution in [1.82, 2.24) is 20.1 Å². The Hall–Kier alpha value is -2.06. The number of carbonyl (C=O) groups excluding carboxylic acids is 1. The molecule has 1 aromatic carbocycles. The first-order valence-corrected chi connectivity index (χ1v) is 11.0. The largest absolute Gasteiger partial charge is 0.446 e. The van der Waals surface area contributed by atoms with Gasteiger partial charge in [-0.05, 0) is 47.0 Å². The van der Waals surface area contributed by atoms with Crippen molar-refractivity contribution in [3.63, 3.8) is 0 Å². The molecule has 0 aliphatic rings. The van der Waals surface area contributed by atoms with Crippen molar-refractivity contribution in [1.29, 1.82) is 0 Å². The topological polar surface area (TPSA) is 73.0 Å². The highest BCUT2D eigenvalue weighted by Gasteiger charge is 2.19. The highest BCUT2D eigenvalue weighted by molar-refractivity contribution is 9.10. The number of carbonyl (C=O) groups is 1. The molecule has 2 aromatic heterocycles. The third-order valence-electron chi connectivity index (χ3n) is 4.16. The molecular weight excluding hydrogens is 440 g/mol. The lowest BCUT2D eigenvalue weighted by molar-refractivity contribution is -0.119. The van der Waals surface area contributed by atoms with E-state index in [-0.39, 0.29) is 11.9 Å². The van der Waals surface area contributed by atoms with Crippen LogP contribution in [-0.4, -0.2) is 32.5 Å². The first-order chi connectivity index (χ1) is 13.6. The lowest BCUT2D eigenvalue weighted by Crippen LogP contribution is -2.33. The average molecular weight is 463 g/mol. The third kappa shape index (κ3) is 5.48. The molecule has 0 bridgehead atoms. The van der Waals surface area contributed by atoms with Gasteiger partial charge in [0, 0.05) is 6.04 Å². The molecule has 1 atom stereocenters. The Morgan fingerprint density at radius 2 is 2.04 bits per heavy atom. The van der Waals surface area contributed by atoms with Crippen molar-refractivity contribution < 1.29 is 9.21 Å². The minimum Gasteiger partial charge on any atom is -0.446 e. The van der Waals surface area contributed by atoms with Gasteiger partial charge in [-0.1, -0.05) is 55.4 Å². The lowest BCUT2D eigenvalue weighted by atomic mass is 10.2. The van der Waals surface area contributed by atoms with Gasteiger partial charge in [0.15, 0.2) is 15.6 Å². The lowest BCUT2D eigenvalue weighted by Gasteiger charge is -2.13. The molecule has 3 aromatic rings. The van der Waals surface area contributed by atoms with Crippen LogP contribution in [0.1, 0.15) is 32.3 Å². The molecule has 2 heterocycles. The molecule has 6 nitrogen and oxygen atoms in total. The summed E-state index contributed by atoms with van der Waals surface area (Å²) in [5, 5.41) is 12.3. The molecule has 28 heavy (non-hydrogen) atoms. The summed E-state index contributed by atoms with van der Waals surface area (Å²) in [5.41, 5.74) is 1.12. The van der Waals surface area contributed by atoms with Gasteiger partial charge in [-0.15, -0.1) is 10.2 Å². The van der Waals surface area contributed by atoms with Crippen molar-refractivity contribution >= 4 is 33.6 Å². The van der Waals surface area contributed by atoms with Crippen molar-refractivity contribution in [2.45, 2.75) is 44.4 Å². The van der Waals surface area contributed by atoms with Crippen LogP contribution in [0.15, 0.2) is 56.7 Å². The summed E-state index contributed by atoms with van der Waals surface area (Å²) in [6.45, 7) is 4.73. The first kappa shape index (κ1) is 20.7. The van der Waals surface area contributed by atoms with Gasteiger partial charge in [0.25, 0.3) is 0 Å². The van der Waals surface area contributed by atoms with Gasteiger partial charge in [0.2, 0.25) is 11.7 Å². The molecule has 1 N–H and O–H groups in total. The van der Waals surface area contributed by atoms with E-state index < -0.39 is 0 Å². The van der Waals surface area contributed by atoms with E-state index in [1.807, 2.05) is 41.8 Å². The van der Waals surface area contributed by atoms with E-state index in [0.29, 0.717) is 33.7 Å². The van der Waals surface area contributed by atoms with E-state index in [1.165, 1.54) is 11.8 Å². The fraction of sp³-hybridized carbons (Fsp3) is 0.350. The molecule has 3 rings (SSSR count). The quantitative estimate of drug-likeness (QED) is 0.464. The zero-order valence-corrected chi connectivity index (χ0v) is 18.3. The van der Waals surface area contributed by atoms with Gasteiger partial charge in [0.05, 0.1) is 12.3 Å². The second-order valence-electron chi connectivity index (χ2n) is 6.53. The maximum atomic E-state index is 12.2. The molecule has 0 aliphatic carbocycles. The minimum atomic E-state index is 0.00232. The van der Waals surface area contributed by atoms with Crippen molar-refractivity contribution in [3.05, 3.63) is 52.7 Å². The SMILES string of the molecule is CCCC(C)NC(=O)CSc1nnc(-c2ccc(Br)o2)n1Cc1ccccc1. The summed E-state index contributed by atoms with van der Waals surface area (Å²) in [7, 11) is 0. The highest BCUT2D eigenvalue weighted by Crippen LogP contribution is 2.28. The molecule has 8 heteroatoms. The molecule has 1 amide bonds. The Morgan fingerprint density at radius 3 is 2.71 bits per heavy atom. The first-order valence-electron chi connectivity index (χ1n) is 9.21. The zero-order valence-electron chi connectivity index (χ0n) is 15.9. The van der Waals surface area contributed by atoms with Crippen LogP contribution in [-0.2, 0) is 11.3 Å². The number of hydrogen-bond acceptors (Lipinski definition) is 5. The molecule has 148 valence electrons. The normalized spacial score (nSPS) is 12.1.